The van der Waals surface area contributed by atoms with Crippen molar-refractivity contribution in [3.8, 4) is 11.5 Å². The number of carbonyl (C=O) groups is 2. The average Bonchev–Trinajstić information content (AvgIpc) is 2.77. The molecular weight excluding hydrogens is 432 g/mol. The predicted octanol–water partition coefficient (Wildman–Crippen LogP) is 2.54. The zero-order valence-electron chi connectivity index (χ0n) is 18.2. The zero-order chi connectivity index (χ0) is 22.9. The molecule has 0 aromatic heterocycles. The quantitative estimate of drug-likeness (QED) is 0.283. The van der Waals surface area contributed by atoms with Gasteiger partial charge < -0.3 is 9.47 Å². The van der Waals surface area contributed by atoms with Crippen molar-refractivity contribution in [2.24, 2.45) is 5.10 Å². The highest BCUT2D eigenvalue weighted by Crippen LogP contribution is 2.27. The summed E-state index contributed by atoms with van der Waals surface area (Å²) in [5.74, 6) is 0.131. The number of hydrogen-bond acceptors (Lipinski definition) is 7. The maximum atomic E-state index is 12.2. The van der Waals surface area contributed by atoms with Gasteiger partial charge in [-0.05, 0) is 35.4 Å². The van der Waals surface area contributed by atoms with Gasteiger partial charge in [-0.2, -0.15) is 5.10 Å². The van der Waals surface area contributed by atoms with Crippen molar-refractivity contribution >= 4 is 29.7 Å². The van der Waals surface area contributed by atoms with Gasteiger partial charge in [0.05, 0.1) is 19.9 Å². The lowest BCUT2D eigenvalue weighted by Gasteiger charge is -2.34. The number of methoxy groups -OCH3 is 1. The molecule has 0 unspecified atom stereocenters. The van der Waals surface area contributed by atoms with Gasteiger partial charge in [0, 0.05) is 44.7 Å². The first kappa shape index (κ1) is 23.7. The van der Waals surface area contributed by atoms with E-state index in [1.807, 2.05) is 24.3 Å². The van der Waals surface area contributed by atoms with E-state index in [-0.39, 0.29) is 12.5 Å². The molecule has 2 aromatic carbocycles. The third kappa shape index (κ3) is 7.05. The van der Waals surface area contributed by atoms with Crippen LogP contribution >= 0.6 is 11.6 Å². The Hall–Kier alpha value is -2.94. The van der Waals surface area contributed by atoms with Gasteiger partial charge in [-0.3, -0.25) is 19.4 Å². The standard InChI is InChI=1S/C23H27ClN4O4/c1-17(29)32-21-8-7-18(13-22(21)31-2)14-25-26-23(30)16-28-11-9-27(10-12-28)15-19-5-3-4-6-20(19)24/h3-8,13-14H,9-12,15-16H2,1-2H3,(H,26,30)/b25-14-. The maximum absolute atomic E-state index is 12.2. The number of hydrazone groups is 1. The molecule has 8 nitrogen and oxygen atoms in total. The number of hydrogen-bond donors (Lipinski definition) is 1. The van der Waals surface area contributed by atoms with Crippen molar-refractivity contribution in [3.63, 3.8) is 0 Å². The molecule has 0 aliphatic carbocycles. The predicted molar refractivity (Wildman–Crippen MR) is 123 cm³/mol. The van der Waals surface area contributed by atoms with E-state index in [1.54, 1.807) is 18.2 Å². The normalized spacial score (nSPS) is 15.0. The minimum atomic E-state index is -0.429. The Bertz CT molecular complexity index is 974. The minimum absolute atomic E-state index is 0.177. The average molecular weight is 459 g/mol. The van der Waals surface area contributed by atoms with Crippen LogP contribution in [0.15, 0.2) is 47.6 Å². The van der Waals surface area contributed by atoms with Crippen LogP contribution in [-0.2, 0) is 16.1 Å². The molecule has 3 rings (SSSR count). The molecule has 1 amide bonds. The van der Waals surface area contributed by atoms with Crippen molar-refractivity contribution < 1.29 is 19.1 Å². The second-order valence-electron chi connectivity index (χ2n) is 7.44. The Morgan fingerprint density at radius 3 is 2.50 bits per heavy atom. The van der Waals surface area contributed by atoms with Gasteiger partial charge in [0.25, 0.3) is 5.91 Å². The molecule has 1 aliphatic heterocycles. The summed E-state index contributed by atoms with van der Waals surface area (Å²) in [7, 11) is 1.49. The number of ether oxygens (including phenoxy) is 2. The molecule has 9 heteroatoms. The van der Waals surface area contributed by atoms with Crippen LogP contribution in [0.5, 0.6) is 11.5 Å². The highest BCUT2D eigenvalue weighted by atomic mass is 35.5. The number of rotatable bonds is 8. The first-order valence-electron chi connectivity index (χ1n) is 10.3. The van der Waals surface area contributed by atoms with Gasteiger partial charge in [-0.25, -0.2) is 5.43 Å². The van der Waals surface area contributed by atoms with Crippen LogP contribution in [0.2, 0.25) is 5.02 Å². The third-order valence-corrected chi connectivity index (χ3v) is 5.40. The van der Waals surface area contributed by atoms with Crippen LogP contribution in [0, 0.1) is 0 Å². The second-order valence-corrected chi connectivity index (χ2v) is 7.85. The SMILES string of the molecule is COc1cc(/C=N\NC(=O)CN2CCN(Cc3ccccc3Cl)CC2)ccc1OC(C)=O. The van der Waals surface area contributed by atoms with E-state index >= 15 is 0 Å². The van der Waals surface area contributed by atoms with Crippen LogP contribution in [0.3, 0.4) is 0 Å². The zero-order valence-corrected chi connectivity index (χ0v) is 19.0. The Morgan fingerprint density at radius 2 is 1.81 bits per heavy atom. The lowest BCUT2D eigenvalue weighted by Crippen LogP contribution is -2.48. The molecule has 2 aromatic rings. The fraction of sp³-hybridized carbons (Fsp3) is 0.348. The summed E-state index contributed by atoms with van der Waals surface area (Å²) in [4.78, 5) is 27.8. The Kier molecular flexibility index (Phi) is 8.61. The number of nitrogens with one attached hydrogen (secondary N) is 1. The van der Waals surface area contributed by atoms with Gasteiger partial charge in [0.2, 0.25) is 0 Å². The summed E-state index contributed by atoms with van der Waals surface area (Å²) in [6.07, 6.45) is 1.51. The van der Waals surface area contributed by atoms with Crippen molar-refractivity contribution in [3.05, 3.63) is 58.6 Å². The van der Waals surface area contributed by atoms with Crippen LogP contribution in [-0.4, -0.2) is 67.7 Å². The highest BCUT2D eigenvalue weighted by molar-refractivity contribution is 6.31. The molecule has 0 spiro atoms. The minimum Gasteiger partial charge on any atom is -0.493 e. The van der Waals surface area contributed by atoms with Crippen molar-refractivity contribution in [2.75, 3.05) is 39.8 Å². The molecule has 1 aliphatic rings. The van der Waals surface area contributed by atoms with E-state index in [0.29, 0.717) is 17.1 Å². The molecule has 1 heterocycles. The van der Waals surface area contributed by atoms with Crippen molar-refractivity contribution in [2.45, 2.75) is 13.5 Å². The van der Waals surface area contributed by atoms with E-state index in [2.05, 4.69) is 20.3 Å². The smallest absolute Gasteiger partial charge is 0.308 e. The number of benzene rings is 2. The van der Waals surface area contributed by atoms with Crippen molar-refractivity contribution in [1.29, 1.82) is 0 Å². The van der Waals surface area contributed by atoms with Crippen LogP contribution in [0.4, 0.5) is 0 Å². The molecule has 0 bridgehead atoms. The van der Waals surface area contributed by atoms with E-state index in [9.17, 15) is 9.59 Å². The van der Waals surface area contributed by atoms with Gasteiger partial charge in [0.15, 0.2) is 11.5 Å². The first-order chi connectivity index (χ1) is 15.4. The van der Waals surface area contributed by atoms with E-state index in [0.717, 1.165) is 43.3 Å². The Morgan fingerprint density at radius 1 is 1.09 bits per heavy atom. The van der Waals surface area contributed by atoms with Crippen LogP contribution in [0.1, 0.15) is 18.1 Å². The molecule has 170 valence electrons. The lowest BCUT2D eigenvalue weighted by atomic mass is 10.2. The van der Waals surface area contributed by atoms with Gasteiger partial charge in [0.1, 0.15) is 0 Å². The summed E-state index contributed by atoms with van der Waals surface area (Å²) < 4.78 is 10.3. The Balaban J connectivity index is 1.43. The van der Waals surface area contributed by atoms with E-state index in [4.69, 9.17) is 21.1 Å². The van der Waals surface area contributed by atoms with Crippen molar-refractivity contribution in [1.82, 2.24) is 15.2 Å². The summed E-state index contributed by atoms with van der Waals surface area (Å²) in [5, 5.41) is 4.80. The largest absolute Gasteiger partial charge is 0.493 e. The number of amides is 1. The number of nitrogens with zero attached hydrogens (tertiary/aromatic N) is 3. The topological polar surface area (TPSA) is 83.5 Å². The van der Waals surface area contributed by atoms with Crippen LogP contribution in [0.25, 0.3) is 0 Å². The first-order valence-corrected chi connectivity index (χ1v) is 10.7. The van der Waals surface area contributed by atoms with Crippen LogP contribution < -0.4 is 14.9 Å². The lowest BCUT2D eigenvalue weighted by molar-refractivity contribution is -0.132. The fourth-order valence-electron chi connectivity index (χ4n) is 3.39. The number of piperazine rings is 1. The van der Waals surface area contributed by atoms with Gasteiger partial charge in [-0.1, -0.05) is 29.8 Å². The second kappa shape index (κ2) is 11.6. The summed E-state index contributed by atoms with van der Waals surface area (Å²) in [6, 6.07) is 12.9. The van der Waals surface area contributed by atoms with E-state index in [1.165, 1.54) is 20.2 Å². The molecule has 0 atom stereocenters. The molecular formula is C23H27ClN4O4. The van der Waals surface area contributed by atoms with Gasteiger partial charge in [-0.15, -0.1) is 0 Å². The molecule has 1 fully saturated rings. The van der Waals surface area contributed by atoms with E-state index < -0.39 is 5.97 Å². The Labute approximate surface area is 192 Å². The molecule has 0 radical (unpaired) electrons. The number of halogens is 1. The molecule has 0 saturated carbocycles. The van der Waals surface area contributed by atoms with Gasteiger partial charge >= 0.3 is 5.97 Å². The summed E-state index contributed by atoms with van der Waals surface area (Å²) >= 11 is 6.25. The number of esters is 1. The molecule has 1 saturated heterocycles. The highest BCUT2D eigenvalue weighted by Gasteiger charge is 2.19. The number of carbonyl (C=O) groups excluding carboxylic acids is 2. The fourth-order valence-corrected chi connectivity index (χ4v) is 3.59. The summed E-state index contributed by atoms with van der Waals surface area (Å²) in [6.45, 7) is 5.76. The molecule has 1 N–H and O–H groups in total. The molecule has 32 heavy (non-hydrogen) atoms. The maximum Gasteiger partial charge on any atom is 0.308 e. The monoisotopic (exact) mass is 458 g/mol. The third-order valence-electron chi connectivity index (χ3n) is 5.03. The summed E-state index contributed by atoms with van der Waals surface area (Å²) in [5.41, 5.74) is 4.37.